The van der Waals surface area contributed by atoms with Gasteiger partial charge in [0.05, 0.1) is 12.8 Å². The van der Waals surface area contributed by atoms with Gasteiger partial charge in [0.25, 0.3) is 0 Å². The highest BCUT2D eigenvalue weighted by molar-refractivity contribution is 5.80. The van der Waals surface area contributed by atoms with Gasteiger partial charge in [-0.2, -0.15) is 0 Å². The first-order chi connectivity index (χ1) is 14.2. The molecule has 1 aromatic rings. The Kier molecular flexibility index (Phi) is 5.07. The number of fused-ring (bicyclic) bond motifs is 2. The molecule has 0 radical (unpaired) electrons. The Morgan fingerprint density at radius 1 is 1.30 bits per heavy atom. The molecule has 0 spiro atoms. The number of nitrogens with one attached hydrogen (secondary N) is 3. The molecule has 162 valence electrons. The maximum atomic E-state index is 13.2. The molecule has 6 heteroatoms. The largest absolute Gasteiger partial charge is 0.378 e. The number of hydrogen-bond donors (Lipinski definition) is 3. The average Bonchev–Trinajstić information content (AvgIpc) is 3.02. The summed E-state index contributed by atoms with van der Waals surface area (Å²) in [5.41, 5.74) is 1.68. The molecule has 4 rings (SSSR count). The quantitative estimate of drug-likeness (QED) is 0.670. The molecule has 4 unspecified atom stereocenters. The Morgan fingerprint density at radius 2 is 2.10 bits per heavy atom. The second-order valence-corrected chi connectivity index (χ2v) is 10.2. The molecule has 3 aliphatic rings. The van der Waals surface area contributed by atoms with Crippen LogP contribution in [0.15, 0.2) is 41.5 Å². The average molecular weight is 410 g/mol. The molecule has 6 nitrogen and oxygen atoms in total. The minimum Gasteiger partial charge on any atom is -0.378 e. The van der Waals surface area contributed by atoms with E-state index in [1.807, 2.05) is 38.5 Å². The van der Waals surface area contributed by atoms with Crippen LogP contribution in [0.25, 0.3) is 0 Å². The SMILES string of the molecule is CN(C)c1cccc(NC2(CC(=O)NC3CC4CCC3(C)C4(C)C)C=CNC=N2)c1. The Bertz CT molecular complexity index is 862. The Hall–Kier alpha value is -2.50. The van der Waals surface area contributed by atoms with Crippen LogP contribution >= 0.6 is 0 Å². The van der Waals surface area contributed by atoms with Gasteiger partial charge in [-0.15, -0.1) is 0 Å². The maximum Gasteiger partial charge on any atom is 0.224 e. The van der Waals surface area contributed by atoms with Crippen molar-refractivity contribution in [1.82, 2.24) is 10.6 Å². The number of carbonyl (C=O) groups is 1. The van der Waals surface area contributed by atoms with Crippen LogP contribution in [0.4, 0.5) is 11.4 Å². The third-order valence-corrected chi connectivity index (χ3v) is 8.11. The molecule has 1 aromatic carbocycles. The van der Waals surface area contributed by atoms with Crippen LogP contribution < -0.4 is 20.9 Å². The van der Waals surface area contributed by atoms with Crippen molar-refractivity contribution in [2.75, 3.05) is 24.3 Å². The van der Waals surface area contributed by atoms with Crippen molar-refractivity contribution in [2.45, 2.75) is 58.2 Å². The van der Waals surface area contributed by atoms with E-state index in [0.29, 0.717) is 5.92 Å². The first-order valence-corrected chi connectivity index (χ1v) is 11.0. The summed E-state index contributed by atoms with van der Waals surface area (Å²) in [7, 11) is 4.03. The van der Waals surface area contributed by atoms with E-state index in [-0.39, 0.29) is 29.2 Å². The van der Waals surface area contributed by atoms with Gasteiger partial charge in [0, 0.05) is 37.7 Å². The molecular formula is C24H35N5O. The van der Waals surface area contributed by atoms with Crippen molar-refractivity contribution >= 4 is 23.6 Å². The van der Waals surface area contributed by atoms with Crippen molar-refractivity contribution in [3.05, 3.63) is 36.5 Å². The Morgan fingerprint density at radius 3 is 2.70 bits per heavy atom. The fraction of sp³-hybridized carbons (Fsp3) is 0.583. The molecule has 1 heterocycles. The summed E-state index contributed by atoms with van der Waals surface area (Å²) in [6, 6.07) is 8.40. The number of anilines is 2. The highest BCUT2D eigenvalue weighted by Crippen LogP contribution is 2.65. The van der Waals surface area contributed by atoms with Crippen molar-refractivity contribution in [1.29, 1.82) is 0 Å². The van der Waals surface area contributed by atoms with E-state index >= 15 is 0 Å². The predicted molar refractivity (Wildman–Crippen MR) is 124 cm³/mol. The van der Waals surface area contributed by atoms with E-state index < -0.39 is 5.66 Å². The molecule has 30 heavy (non-hydrogen) atoms. The van der Waals surface area contributed by atoms with Crippen LogP contribution in [0, 0.1) is 16.7 Å². The molecule has 1 aliphatic heterocycles. The maximum absolute atomic E-state index is 13.2. The van der Waals surface area contributed by atoms with Crippen LogP contribution in [0.3, 0.4) is 0 Å². The standard InChI is InChI=1S/C24H35N5O/c1-22(2)17-9-10-23(22,3)20(13-17)27-21(30)15-24(11-12-25-16-26-24)28-18-7-6-8-19(14-18)29(4)5/h6-8,11-12,14,16-17,20,28H,9-10,13,15H2,1-5H3,(H,25,26)(H,27,30). The van der Waals surface area contributed by atoms with Gasteiger partial charge in [-0.25, -0.2) is 4.99 Å². The number of hydrogen-bond acceptors (Lipinski definition) is 5. The molecule has 2 fully saturated rings. The zero-order valence-corrected chi connectivity index (χ0v) is 18.8. The first-order valence-electron chi connectivity index (χ1n) is 11.0. The monoisotopic (exact) mass is 409 g/mol. The lowest BCUT2D eigenvalue weighted by Crippen LogP contribution is -2.50. The van der Waals surface area contributed by atoms with Crippen LogP contribution in [0.5, 0.6) is 0 Å². The molecule has 3 N–H and O–H groups in total. The minimum absolute atomic E-state index is 0.0459. The second-order valence-electron chi connectivity index (χ2n) is 10.2. The first kappa shape index (κ1) is 20.8. The number of rotatable bonds is 6. The highest BCUT2D eigenvalue weighted by Gasteiger charge is 2.61. The fourth-order valence-corrected chi connectivity index (χ4v) is 5.67. The molecule has 2 aliphatic carbocycles. The van der Waals surface area contributed by atoms with Gasteiger partial charge in [0.15, 0.2) is 5.66 Å². The smallest absolute Gasteiger partial charge is 0.224 e. The van der Waals surface area contributed by atoms with Crippen molar-refractivity contribution in [3.8, 4) is 0 Å². The predicted octanol–water partition coefficient (Wildman–Crippen LogP) is 3.73. The van der Waals surface area contributed by atoms with Crippen LogP contribution in [-0.2, 0) is 4.79 Å². The van der Waals surface area contributed by atoms with Gasteiger partial charge in [-0.3, -0.25) is 4.79 Å². The molecule has 2 bridgehead atoms. The highest BCUT2D eigenvalue weighted by atomic mass is 16.1. The minimum atomic E-state index is -0.797. The van der Waals surface area contributed by atoms with E-state index in [0.717, 1.165) is 17.8 Å². The molecular weight excluding hydrogens is 374 g/mol. The fourth-order valence-electron chi connectivity index (χ4n) is 5.67. The summed E-state index contributed by atoms with van der Waals surface area (Å²) in [5, 5.41) is 9.86. The molecule has 4 atom stereocenters. The van der Waals surface area contributed by atoms with Gasteiger partial charge in [-0.1, -0.05) is 26.8 Å². The third kappa shape index (κ3) is 3.46. The number of aliphatic imine (C=N–C) groups is 1. The van der Waals surface area contributed by atoms with Crippen LogP contribution in [0.2, 0.25) is 0 Å². The zero-order valence-electron chi connectivity index (χ0n) is 18.8. The third-order valence-electron chi connectivity index (χ3n) is 8.11. The van der Waals surface area contributed by atoms with E-state index in [4.69, 9.17) is 0 Å². The lowest BCUT2D eigenvalue weighted by Gasteiger charge is -2.40. The van der Waals surface area contributed by atoms with E-state index in [2.05, 4.69) is 58.7 Å². The van der Waals surface area contributed by atoms with Gasteiger partial charge in [0.1, 0.15) is 0 Å². The van der Waals surface area contributed by atoms with Gasteiger partial charge >= 0.3 is 0 Å². The van der Waals surface area contributed by atoms with E-state index in [1.165, 1.54) is 12.8 Å². The number of nitrogens with zero attached hydrogens (tertiary/aromatic N) is 2. The summed E-state index contributed by atoms with van der Waals surface area (Å²) in [6.45, 7) is 7.10. The number of carbonyl (C=O) groups excluding carboxylic acids is 1. The second kappa shape index (κ2) is 7.33. The van der Waals surface area contributed by atoms with Crippen LogP contribution in [0.1, 0.15) is 46.5 Å². The lowest BCUT2D eigenvalue weighted by molar-refractivity contribution is -0.123. The van der Waals surface area contributed by atoms with E-state index in [9.17, 15) is 4.79 Å². The summed E-state index contributed by atoms with van der Waals surface area (Å²) in [5.74, 6) is 0.745. The lowest BCUT2D eigenvalue weighted by atomic mass is 9.69. The van der Waals surface area contributed by atoms with Crippen molar-refractivity contribution in [2.24, 2.45) is 21.7 Å². The molecule has 1 amide bonds. The number of benzene rings is 1. The topological polar surface area (TPSA) is 68.8 Å². The van der Waals surface area contributed by atoms with Crippen LogP contribution in [-0.4, -0.2) is 38.0 Å². The van der Waals surface area contributed by atoms with Gasteiger partial charge in [0.2, 0.25) is 5.91 Å². The molecule has 2 saturated carbocycles. The van der Waals surface area contributed by atoms with Gasteiger partial charge in [-0.05, 0) is 60.3 Å². The summed E-state index contributed by atoms with van der Waals surface area (Å²) >= 11 is 0. The van der Waals surface area contributed by atoms with E-state index in [1.54, 1.807) is 6.34 Å². The summed E-state index contributed by atoms with van der Waals surface area (Å²) in [4.78, 5) is 19.9. The zero-order chi connectivity index (χ0) is 21.6. The molecule has 0 aromatic heterocycles. The van der Waals surface area contributed by atoms with Gasteiger partial charge < -0.3 is 20.9 Å². The van der Waals surface area contributed by atoms with Crippen molar-refractivity contribution < 1.29 is 4.79 Å². The van der Waals surface area contributed by atoms with Crippen molar-refractivity contribution in [3.63, 3.8) is 0 Å². The molecule has 0 saturated heterocycles. The number of amides is 1. The Labute approximate surface area is 180 Å². The summed E-state index contributed by atoms with van der Waals surface area (Å²) in [6.07, 6.45) is 9.23. The Balaban J connectivity index is 1.49. The summed E-state index contributed by atoms with van der Waals surface area (Å²) < 4.78 is 0. The normalized spacial score (nSPS) is 33.2.